The fourth-order valence-electron chi connectivity index (χ4n) is 2.62. The molecule has 1 saturated carbocycles. The first-order valence-corrected chi connectivity index (χ1v) is 7.25. The van der Waals surface area contributed by atoms with Gasteiger partial charge >= 0.3 is 0 Å². The molecule has 0 spiro atoms. The summed E-state index contributed by atoms with van der Waals surface area (Å²) in [6.45, 7) is 1.29. The van der Waals surface area contributed by atoms with Crippen LogP contribution in [0.25, 0.3) is 0 Å². The van der Waals surface area contributed by atoms with Crippen LogP contribution in [0.1, 0.15) is 31.2 Å². The van der Waals surface area contributed by atoms with Gasteiger partial charge in [-0.25, -0.2) is 0 Å². The lowest BCUT2D eigenvalue weighted by atomic mass is 9.87. The number of nitro benzene ring substituents is 1. The molecule has 6 heteroatoms. The predicted octanol–water partition coefficient (Wildman–Crippen LogP) is 2.89. The van der Waals surface area contributed by atoms with Gasteiger partial charge < -0.3 is 10.4 Å². The third-order valence-corrected chi connectivity index (χ3v) is 4.04. The van der Waals surface area contributed by atoms with E-state index in [1.165, 1.54) is 6.07 Å². The highest BCUT2D eigenvalue weighted by Crippen LogP contribution is 2.25. The Balaban J connectivity index is 1.86. The minimum absolute atomic E-state index is 0.0593. The highest BCUT2D eigenvalue weighted by Gasteiger charge is 2.19. The van der Waals surface area contributed by atoms with Crippen LogP contribution in [0.3, 0.4) is 0 Å². The average molecular weight is 299 g/mol. The highest BCUT2D eigenvalue weighted by atomic mass is 35.5. The number of halogens is 1. The lowest BCUT2D eigenvalue weighted by Gasteiger charge is -2.25. The van der Waals surface area contributed by atoms with E-state index in [2.05, 4.69) is 5.32 Å². The quantitative estimate of drug-likeness (QED) is 0.647. The Labute approximate surface area is 123 Å². The molecule has 2 rings (SSSR count). The molecule has 0 heterocycles. The van der Waals surface area contributed by atoms with Crippen molar-refractivity contribution in [2.45, 2.75) is 38.3 Å². The molecule has 0 atom stereocenters. The zero-order chi connectivity index (χ0) is 14.5. The van der Waals surface area contributed by atoms with E-state index in [9.17, 15) is 15.2 Å². The van der Waals surface area contributed by atoms with Gasteiger partial charge in [-0.15, -0.1) is 0 Å². The fraction of sp³-hybridized carbons (Fsp3) is 0.571. The Morgan fingerprint density at radius 1 is 1.35 bits per heavy atom. The van der Waals surface area contributed by atoms with Crippen molar-refractivity contribution in [3.8, 4) is 0 Å². The van der Waals surface area contributed by atoms with Gasteiger partial charge in [-0.1, -0.05) is 11.6 Å². The van der Waals surface area contributed by atoms with Gasteiger partial charge in [0.15, 0.2) is 0 Å². The van der Waals surface area contributed by atoms with Gasteiger partial charge in [0.2, 0.25) is 0 Å². The summed E-state index contributed by atoms with van der Waals surface area (Å²) < 4.78 is 0. The number of benzene rings is 1. The zero-order valence-electron chi connectivity index (χ0n) is 11.2. The van der Waals surface area contributed by atoms with E-state index >= 15 is 0 Å². The third-order valence-electron chi connectivity index (χ3n) is 3.81. The van der Waals surface area contributed by atoms with Gasteiger partial charge in [0.25, 0.3) is 5.69 Å². The van der Waals surface area contributed by atoms with Gasteiger partial charge in [0.1, 0.15) is 0 Å². The second kappa shape index (κ2) is 7.02. The third kappa shape index (κ3) is 4.16. The first kappa shape index (κ1) is 15.2. The first-order valence-electron chi connectivity index (χ1n) is 6.88. The molecule has 0 bridgehead atoms. The maximum Gasteiger partial charge on any atom is 0.275 e. The molecule has 0 aliphatic heterocycles. The lowest BCUT2D eigenvalue weighted by Crippen LogP contribution is -2.27. The predicted molar refractivity (Wildman–Crippen MR) is 77.8 cm³/mol. The van der Waals surface area contributed by atoms with Gasteiger partial charge in [-0.2, -0.15) is 0 Å². The molecule has 0 saturated heterocycles. The summed E-state index contributed by atoms with van der Waals surface area (Å²) in [5.41, 5.74) is 0.708. The molecule has 0 aromatic heterocycles. The Hall–Kier alpha value is -1.17. The summed E-state index contributed by atoms with van der Waals surface area (Å²) in [4.78, 5) is 10.6. The summed E-state index contributed by atoms with van der Waals surface area (Å²) in [7, 11) is 0. The molecule has 1 fully saturated rings. The SMILES string of the molecule is O=[N+]([O-])c1cc(Cl)ccc1CNCC1CCC(O)CC1. The minimum atomic E-state index is -0.403. The molecule has 0 unspecified atom stereocenters. The number of hydrogen-bond acceptors (Lipinski definition) is 4. The number of aliphatic hydroxyl groups is 1. The van der Waals surface area contributed by atoms with E-state index in [4.69, 9.17) is 11.6 Å². The molecule has 1 aromatic rings. The molecule has 0 radical (unpaired) electrons. The number of aliphatic hydroxyl groups excluding tert-OH is 1. The summed E-state index contributed by atoms with van der Waals surface area (Å²) in [5, 5.41) is 24.1. The number of rotatable bonds is 5. The highest BCUT2D eigenvalue weighted by molar-refractivity contribution is 6.30. The van der Waals surface area contributed by atoms with Crippen molar-refractivity contribution in [1.82, 2.24) is 5.32 Å². The molecule has 5 nitrogen and oxygen atoms in total. The molecule has 1 aliphatic rings. The van der Waals surface area contributed by atoms with Gasteiger partial charge in [-0.05, 0) is 50.3 Å². The largest absolute Gasteiger partial charge is 0.393 e. The van der Waals surface area contributed by atoms with Crippen molar-refractivity contribution >= 4 is 17.3 Å². The van der Waals surface area contributed by atoms with Crippen LogP contribution in [-0.4, -0.2) is 22.7 Å². The molecule has 20 heavy (non-hydrogen) atoms. The summed E-state index contributed by atoms with van der Waals surface area (Å²) >= 11 is 5.78. The number of hydrogen-bond donors (Lipinski definition) is 2. The lowest BCUT2D eigenvalue weighted by molar-refractivity contribution is -0.385. The summed E-state index contributed by atoms with van der Waals surface area (Å²) in [6.07, 6.45) is 3.58. The van der Waals surface area contributed by atoms with Crippen LogP contribution >= 0.6 is 11.6 Å². The van der Waals surface area contributed by atoms with E-state index in [-0.39, 0.29) is 11.8 Å². The van der Waals surface area contributed by atoms with Crippen LogP contribution in [0.5, 0.6) is 0 Å². The van der Waals surface area contributed by atoms with Crippen LogP contribution in [-0.2, 0) is 6.54 Å². The van der Waals surface area contributed by atoms with Crippen molar-refractivity contribution in [2.75, 3.05) is 6.54 Å². The first-order chi connectivity index (χ1) is 9.56. The average Bonchev–Trinajstić information content (AvgIpc) is 2.42. The van der Waals surface area contributed by atoms with Crippen LogP contribution in [0.15, 0.2) is 18.2 Å². The van der Waals surface area contributed by atoms with Gasteiger partial charge in [0.05, 0.1) is 11.0 Å². The van der Waals surface area contributed by atoms with E-state index in [0.29, 0.717) is 23.0 Å². The van der Waals surface area contributed by atoms with Gasteiger partial charge in [0, 0.05) is 23.2 Å². The molecule has 2 N–H and O–H groups in total. The number of nitro groups is 1. The van der Waals surface area contributed by atoms with Crippen molar-refractivity contribution in [2.24, 2.45) is 5.92 Å². The second-order valence-corrected chi connectivity index (χ2v) is 5.77. The smallest absolute Gasteiger partial charge is 0.275 e. The summed E-state index contributed by atoms with van der Waals surface area (Å²) in [6, 6.07) is 4.75. The number of nitrogens with one attached hydrogen (secondary N) is 1. The Bertz CT molecular complexity index is 473. The van der Waals surface area contributed by atoms with E-state index in [1.54, 1.807) is 12.1 Å². The Morgan fingerprint density at radius 2 is 2.05 bits per heavy atom. The van der Waals surface area contributed by atoms with Crippen LogP contribution in [0.2, 0.25) is 5.02 Å². The normalized spacial score (nSPS) is 22.7. The Kier molecular flexibility index (Phi) is 5.34. The van der Waals surface area contributed by atoms with E-state index in [0.717, 1.165) is 32.2 Å². The molecule has 1 aromatic carbocycles. The maximum atomic E-state index is 11.0. The van der Waals surface area contributed by atoms with Crippen LogP contribution in [0.4, 0.5) is 5.69 Å². The number of nitrogens with zero attached hydrogens (tertiary/aromatic N) is 1. The fourth-order valence-corrected chi connectivity index (χ4v) is 2.78. The van der Waals surface area contributed by atoms with Crippen LogP contribution < -0.4 is 5.32 Å². The standard InChI is InChI=1S/C14H19ClN2O3/c15-12-4-3-11(14(7-12)17(19)20)9-16-8-10-1-5-13(18)6-2-10/h3-4,7,10,13,16,18H,1-2,5-6,8-9H2. The molecule has 0 amide bonds. The van der Waals surface area contributed by atoms with Crippen molar-refractivity contribution < 1.29 is 10.0 Å². The Morgan fingerprint density at radius 3 is 2.70 bits per heavy atom. The van der Waals surface area contributed by atoms with Crippen LogP contribution in [0, 0.1) is 16.0 Å². The monoisotopic (exact) mass is 298 g/mol. The van der Waals surface area contributed by atoms with Crippen molar-refractivity contribution in [3.05, 3.63) is 38.9 Å². The maximum absolute atomic E-state index is 11.0. The molecule has 110 valence electrons. The second-order valence-electron chi connectivity index (χ2n) is 5.34. The van der Waals surface area contributed by atoms with E-state index < -0.39 is 4.92 Å². The molecular formula is C14H19ClN2O3. The minimum Gasteiger partial charge on any atom is -0.393 e. The zero-order valence-corrected chi connectivity index (χ0v) is 12.0. The van der Waals surface area contributed by atoms with Crippen molar-refractivity contribution in [1.29, 1.82) is 0 Å². The topological polar surface area (TPSA) is 75.4 Å². The van der Waals surface area contributed by atoms with Crippen molar-refractivity contribution in [3.63, 3.8) is 0 Å². The molecule has 1 aliphatic carbocycles. The van der Waals surface area contributed by atoms with Gasteiger partial charge in [-0.3, -0.25) is 10.1 Å². The molecular weight excluding hydrogens is 280 g/mol. The van der Waals surface area contributed by atoms with E-state index in [1.807, 2.05) is 0 Å². The summed E-state index contributed by atoms with van der Waals surface area (Å²) in [5.74, 6) is 0.546.